The van der Waals surface area contributed by atoms with Crippen LogP contribution in [-0.2, 0) is 6.42 Å². The SMILES string of the molecule is FC(F)(F)CCCCNCC1Cc2cc(Br)ccc2O1. The fraction of sp³-hybridized carbons (Fsp3) is 0.571. The predicted molar refractivity (Wildman–Crippen MR) is 75.0 cm³/mol. The van der Waals surface area contributed by atoms with Crippen LogP contribution >= 0.6 is 15.9 Å². The van der Waals surface area contributed by atoms with Gasteiger partial charge in [0.1, 0.15) is 11.9 Å². The first-order valence-electron chi connectivity index (χ1n) is 6.66. The van der Waals surface area contributed by atoms with E-state index in [1.165, 1.54) is 5.56 Å². The molecule has 2 rings (SSSR count). The number of hydrogen-bond donors (Lipinski definition) is 1. The number of unbranched alkanes of at least 4 members (excludes halogenated alkanes) is 1. The highest BCUT2D eigenvalue weighted by molar-refractivity contribution is 9.10. The van der Waals surface area contributed by atoms with Crippen LogP contribution in [0.5, 0.6) is 5.75 Å². The molecule has 0 amide bonds. The maximum absolute atomic E-state index is 12.0. The molecule has 112 valence electrons. The number of ether oxygens (including phenoxy) is 1. The summed E-state index contributed by atoms with van der Waals surface area (Å²) in [6.45, 7) is 1.26. The van der Waals surface area contributed by atoms with Crippen LogP contribution < -0.4 is 10.1 Å². The van der Waals surface area contributed by atoms with Crippen molar-refractivity contribution in [3.63, 3.8) is 0 Å². The Balaban J connectivity index is 1.61. The third-order valence-corrected chi connectivity index (χ3v) is 3.69. The van der Waals surface area contributed by atoms with Crippen LogP contribution in [0.4, 0.5) is 13.2 Å². The van der Waals surface area contributed by atoms with Gasteiger partial charge in [-0.15, -0.1) is 0 Å². The van der Waals surface area contributed by atoms with Crippen LogP contribution in [0.1, 0.15) is 24.8 Å². The molecule has 1 N–H and O–H groups in total. The Bertz CT molecular complexity index is 451. The molecule has 1 aliphatic heterocycles. The molecular formula is C14H17BrF3NO. The van der Waals surface area contributed by atoms with Crippen LogP contribution in [0.2, 0.25) is 0 Å². The lowest BCUT2D eigenvalue weighted by Gasteiger charge is -2.12. The smallest absolute Gasteiger partial charge is 0.389 e. The Labute approximate surface area is 124 Å². The standard InChI is InChI=1S/C14H17BrF3NO/c15-11-3-4-13-10(7-11)8-12(20-13)9-19-6-2-1-5-14(16,17)18/h3-4,7,12,19H,1-2,5-6,8-9H2. The van der Waals surface area contributed by atoms with Crippen molar-refractivity contribution < 1.29 is 17.9 Å². The second-order valence-electron chi connectivity index (χ2n) is 4.97. The van der Waals surface area contributed by atoms with Crippen molar-refractivity contribution in [1.29, 1.82) is 0 Å². The second-order valence-corrected chi connectivity index (χ2v) is 5.89. The molecule has 1 unspecified atom stereocenters. The Kier molecular flexibility index (Phi) is 5.32. The van der Waals surface area contributed by atoms with Crippen LogP contribution in [0.3, 0.4) is 0 Å². The molecule has 0 aromatic heterocycles. The van der Waals surface area contributed by atoms with E-state index in [0.717, 1.165) is 16.6 Å². The first kappa shape index (κ1) is 15.6. The molecule has 0 spiro atoms. The number of alkyl halides is 3. The van der Waals surface area contributed by atoms with Gasteiger partial charge in [0, 0.05) is 23.9 Å². The van der Waals surface area contributed by atoms with Crippen molar-refractivity contribution in [3.05, 3.63) is 28.2 Å². The highest BCUT2D eigenvalue weighted by Crippen LogP contribution is 2.30. The molecule has 6 heteroatoms. The van der Waals surface area contributed by atoms with Gasteiger partial charge in [-0.2, -0.15) is 13.2 Å². The summed E-state index contributed by atoms with van der Waals surface area (Å²) >= 11 is 3.42. The summed E-state index contributed by atoms with van der Waals surface area (Å²) in [5.41, 5.74) is 1.17. The summed E-state index contributed by atoms with van der Waals surface area (Å²) in [5.74, 6) is 0.900. The predicted octanol–water partition coefficient (Wildman–Crippen LogP) is 4.07. The molecule has 20 heavy (non-hydrogen) atoms. The first-order chi connectivity index (χ1) is 9.44. The molecule has 0 radical (unpaired) electrons. The third kappa shape index (κ3) is 4.98. The summed E-state index contributed by atoms with van der Waals surface area (Å²) in [6, 6.07) is 5.91. The van der Waals surface area contributed by atoms with Gasteiger partial charge in [-0.25, -0.2) is 0 Å². The average Bonchev–Trinajstić information content (AvgIpc) is 2.74. The van der Waals surface area contributed by atoms with Gasteiger partial charge < -0.3 is 10.1 Å². The van der Waals surface area contributed by atoms with Crippen LogP contribution in [-0.4, -0.2) is 25.4 Å². The van der Waals surface area contributed by atoms with Crippen molar-refractivity contribution in [2.75, 3.05) is 13.1 Å². The molecule has 1 aromatic carbocycles. The highest BCUT2D eigenvalue weighted by Gasteiger charge is 2.26. The summed E-state index contributed by atoms with van der Waals surface area (Å²) in [4.78, 5) is 0. The molecule has 2 nitrogen and oxygen atoms in total. The minimum absolute atomic E-state index is 0.0712. The lowest BCUT2D eigenvalue weighted by atomic mass is 10.1. The number of halogens is 4. The zero-order valence-electron chi connectivity index (χ0n) is 11.0. The van der Waals surface area contributed by atoms with Gasteiger partial charge in [-0.05, 0) is 43.1 Å². The molecule has 1 aromatic rings. The normalized spacial score (nSPS) is 17.9. The van der Waals surface area contributed by atoms with E-state index in [-0.39, 0.29) is 12.5 Å². The van der Waals surface area contributed by atoms with Crippen LogP contribution in [0.25, 0.3) is 0 Å². The van der Waals surface area contributed by atoms with Crippen molar-refractivity contribution in [3.8, 4) is 5.75 Å². The average molecular weight is 352 g/mol. The van der Waals surface area contributed by atoms with Gasteiger partial charge in [0.15, 0.2) is 0 Å². The Morgan fingerprint density at radius 1 is 1.30 bits per heavy atom. The zero-order valence-corrected chi connectivity index (χ0v) is 12.6. The third-order valence-electron chi connectivity index (χ3n) is 3.20. The number of benzene rings is 1. The molecular weight excluding hydrogens is 335 g/mol. The minimum Gasteiger partial charge on any atom is -0.488 e. The first-order valence-corrected chi connectivity index (χ1v) is 7.46. The number of rotatable bonds is 6. The van der Waals surface area contributed by atoms with E-state index < -0.39 is 12.6 Å². The largest absolute Gasteiger partial charge is 0.488 e. The monoisotopic (exact) mass is 351 g/mol. The summed E-state index contributed by atoms with van der Waals surface area (Å²) in [5, 5.41) is 3.16. The zero-order chi connectivity index (χ0) is 14.6. The van der Waals surface area contributed by atoms with Crippen molar-refractivity contribution >= 4 is 15.9 Å². The van der Waals surface area contributed by atoms with E-state index in [4.69, 9.17) is 4.74 Å². The molecule has 0 saturated heterocycles. The lowest BCUT2D eigenvalue weighted by Crippen LogP contribution is -2.30. The van der Waals surface area contributed by atoms with E-state index in [2.05, 4.69) is 21.2 Å². The van der Waals surface area contributed by atoms with Gasteiger partial charge in [-0.3, -0.25) is 0 Å². The fourth-order valence-corrected chi connectivity index (χ4v) is 2.65. The Morgan fingerprint density at radius 3 is 2.85 bits per heavy atom. The van der Waals surface area contributed by atoms with Gasteiger partial charge in [0.25, 0.3) is 0 Å². The topological polar surface area (TPSA) is 21.3 Å². The summed E-state index contributed by atoms with van der Waals surface area (Å²) < 4.78 is 42.6. The second kappa shape index (κ2) is 6.80. The molecule has 0 fully saturated rings. The van der Waals surface area contributed by atoms with Crippen molar-refractivity contribution in [2.24, 2.45) is 0 Å². The Hall–Kier alpha value is -0.750. The van der Waals surface area contributed by atoms with Crippen LogP contribution in [0, 0.1) is 0 Å². The quantitative estimate of drug-likeness (QED) is 0.780. The Morgan fingerprint density at radius 2 is 2.10 bits per heavy atom. The molecule has 1 aliphatic rings. The van der Waals surface area contributed by atoms with E-state index >= 15 is 0 Å². The molecule has 0 bridgehead atoms. The minimum atomic E-state index is -4.04. The fourth-order valence-electron chi connectivity index (χ4n) is 2.24. The molecule has 0 saturated carbocycles. The molecule has 1 atom stereocenters. The number of fused-ring (bicyclic) bond motifs is 1. The van der Waals surface area contributed by atoms with Gasteiger partial charge in [0.05, 0.1) is 0 Å². The van der Waals surface area contributed by atoms with E-state index in [1.807, 2.05) is 18.2 Å². The summed E-state index contributed by atoms with van der Waals surface area (Å²) in [6.07, 6.45) is -3.12. The van der Waals surface area contributed by atoms with E-state index in [0.29, 0.717) is 19.5 Å². The van der Waals surface area contributed by atoms with Gasteiger partial charge in [0.2, 0.25) is 0 Å². The van der Waals surface area contributed by atoms with Gasteiger partial charge >= 0.3 is 6.18 Å². The van der Waals surface area contributed by atoms with Crippen LogP contribution in [0.15, 0.2) is 22.7 Å². The maximum atomic E-state index is 12.0. The van der Waals surface area contributed by atoms with Gasteiger partial charge in [-0.1, -0.05) is 15.9 Å². The van der Waals surface area contributed by atoms with E-state index in [9.17, 15) is 13.2 Å². The molecule has 0 aliphatic carbocycles. The highest BCUT2D eigenvalue weighted by atomic mass is 79.9. The maximum Gasteiger partial charge on any atom is 0.389 e. The lowest BCUT2D eigenvalue weighted by molar-refractivity contribution is -0.135. The summed E-state index contributed by atoms with van der Waals surface area (Å²) in [7, 11) is 0. The van der Waals surface area contributed by atoms with Crippen molar-refractivity contribution in [1.82, 2.24) is 5.32 Å². The van der Waals surface area contributed by atoms with E-state index in [1.54, 1.807) is 0 Å². The number of nitrogens with one attached hydrogen (secondary N) is 1. The number of hydrogen-bond acceptors (Lipinski definition) is 2. The molecule has 1 heterocycles. The van der Waals surface area contributed by atoms with Crippen molar-refractivity contribution in [2.45, 2.75) is 38.0 Å².